The molecule has 0 bridgehead atoms. The van der Waals surface area contributed by atoms with Crippen molar-refractivity contribution in [3.63, 3.8) is 0 Å². The maximum Gasteiger partial charge on any atom is 0.241 e. The van der Waals surface area contributed by atoms with Gasteiger partial charge in [-0.25, -0.2) is 18.1 Å². The fourth-order valence-corrected chi connectivity index (χ4v) is 5.15. The van der Waals surface area contributed by atoms with Crippen molar-refractivity contribution >= 4 is 27.1 Å². The molecule has 1 aliphatic heterocycles. The second-order valence-corrected chi connectivity index (χ2v) is 10.3. The van der Waals surface area contributed by atoms with Crippen LogP contribution in [0.2, 0.25) is 0 Å². The van der Waals surface area contributed by atoms with Crippen molar-refractivity contribution in [2.75, 3.05) is 7.05 Å². The van der Waals surface area contributed by atoms with Gasteiger partial charge >= 0.3 is 0 Å². The van der Waals surface area contributed by atoms with Crippen molar-refractivity contribution in [1.82, 2.24) is 15.1 Å². The molecule has 5 rings (SSSR count). The fourth-order valence-electron chi connectivity index (χ4n) is 4.43. The first-order valence-electron chi connectivity index (χ1n) is 11.6. The summed E-state index contributed by atoms with van der Waals surface area (Å²) in [5.41, 5.74) is 14.8. The van der Waals surface area contributed by atoms with Gasteiger partial charge in [0.15, 0.2) is 0 Å². The molecule has 2 aromatic carbocycles. The summed E-state index contributed by atoms with van der Waals surface area (Å²) >= 11 is 0. The third-order valence-corrected chi connectivity index (χ3v) is 7.63. The van der Waals surface area contributed by atoms with Gasteiger partial charge in [-0.1, -0.05) is 72.8 Å². The number of hydrogen-bond donors (Lipinski definition) is 3. The summed E-state index contributed by atoms with van der Waals surface area (Å²) in [6, 6.07) is 21.3. The van der Waals surface area contributed by atoms with E-state index in [1.807, 2.05) is 48.5 Å². The number of fused-ring (bicyclic) bond motifs is 1. The van der Waals surface area contributed by atoms with Crippen LogP contribution < -0.4 is 15.9 Å². The van der Waals surface area contributed by atoms with Crippen molar-refractivity contribution in [3.05, 3.63) is 114 Å². The lowest BCUT2D eigenvalue weighted by Gasteiger charge is -2.32. The molecule has 0 spiro atoms. The number of amidine groups is 1. The van der Waals surface area contributed by atoms with E-state index in [0.29, 0.717) is 23.5 Å². The number of nitrogens with one attached hydrogen (secondary N) is 2. The van der Waals surface area contributed by atoms with Crippen LogP contribution in [-0.4, -0.2) is 32.0 Å². The van der Waals surface area contributed by atoms with E-state index in [1.54, 1.807) is 12.3 Å². The van der Waals surface area contributed by atoms with Crippen molar-refractivity contribution in [1.29, 1.82) is 0 Å². The van der Waals surface area contributed by atoms with E-state index in [4.69, 9.17) is 10.7 Å². The largest absolute Gasteiger partial charge is 0.306 e. The Kier molecular flexibility index (Phi) is 6.60. The van der Waals surface area contributed by atoms with Crippen molar-refractivity contribution < 1.29 is 8.42 Å². The van der Waals surface area contributed by atoms with Crippen LogP contribution in [0.1, 0.15) is 29.3 Å². The Morgan fingerprint density at radius 1 is 1.06 bits per heavy atom. The minimum absolute atomic E-state index is 0.0796. The molecule has 1 aliphatic carbocycles. The minimum atomic E-state index is -3.65. The number of hydrogen-bond acceptors (Lipinski definition) is 6. The van der Waals surface area contributed by atoms with E-state index < -0.39 is 16.2 Å². The van der Waals surface area contributed by atoms with Crippen molar-refractivity contribution in [2.45, 2.75) is 17.5 Å². The third-order valence-electron chi connectivity index (χ3n) is 6.24. The van der Waals surface area contributed by atoms with Gasteiger partial charge in [-0.3, -0.25) is 10.4 Å². The molecule has 1 unspecified atom stereocenters. The van der Waals surface area contributed by atoms with Gasteiger partial charge < -0.3 is 5.73 Å². The summed E-state index contributed by atoms with van der Waals surface area (Å²) in [7, 11) is -2.28. The second-order valence-electron chi connectivity index (χ2n) is 8.44. The quantitative estimate of drug-likeness (QED) is 0.481. The molecule has 0 saturated heterocycles. The molecule has 0 fully saturated rings. The molecule has 2 heterocycles. The van der Waals surface area contributed by atoms with Crippen LogP contribution in [0.25, 0.3) is 5.57 Å². The lowest BCUT2D eigenvalue weighted by Crippen LogP contribution is -2.38. The van der Waals surface area contributed by atoms with Crippen LogP contribution in [0, 0.1) is 5.92 Å². The summed E-state index contributed by atoms with van der Waals surface area (Å²) in [5.74, 6) is 0.429. The molecule has 8 nitrogen and oxygen atoms in total. The molecular weight excluding hydrogens is 472 g/mol. The van der Waals surface area contributed by atoms with Gasteiger partial charge in [0.05, 0.1) is 5.71 Å². The molecule has 36 heavy (non-hydrogen) atoms. The number of nitrogens with zero attached hydrogens (tertiary/aromatic N) is 3. The maximum atomic E-state index is 12.4. The smallest absolute Gasteiger partial charge is 0.241 e. The summed E-state index contributed by atoms with van der Waals surface area (Å²) in [4.78, 5) is 9.09. The highest BCUT2D eigenvalue weighted by atomic mass is 32.2. The van der Waals surface area contributed by atoms with Crippen molar-refractivity contribution in [2.24, 2.45) is 21.7 Å². The van der Waals surface area contributed by atoms with E-state index in [-0.39, 0.29) is 10.8 Å². The standard InChI is InChI=1S/C27H26N6O2S/c1-29-36(34,35)21-15-20(16-30-17-21)25-23-14-8-13-22(18-9-4-2-5-10-18)24(23)27(33-32-25)31-26(28)19-11-6-3-7-12-19/h2-13,15-17,23,26,29H,14,28H2,1H3,(H,31,33)/t23?,26-/m0/s1. The van der Waals surface area contributed by atoms with Crippen LogP contribution in [0.4, 0.5) is 0 Å². The van der Waals surface area contributed by atoms with Crippen molar-refractivity contribution in [3.8, 4) is 0 Å². The van der Waals surface area contributed by atoms with Crippen LogP contribution >= 0.6 is 0 Å². The average molecular weight is 499 g/mol. The van der Waals surface area contributed by atoms with Gasteiger partial charge in [0.1, 0.15) is 16.9 Å². The summed E-state index contributed by atoms with van der Waals surface area (Å²) < 4.78 is 27.1. The van der Waals surface area contributed by atoms with E-state index in [9.17, 15) is 8.42 Å². The Labute approximate surface area is 210 Å². The maximum absolute atomic E-state index is 12.4. The van der Waals surface area contributed by atoms with Gasteiger partial charge in [-0.15, -0.1) is 0 Å². The van der Waals surface area contributed by atoms with E-state index >= 15 is 0 Å². The third kappa shape index (κ3) is 4.64. The number of pyridine rings is 1. The summed E-state index contributed by atoms with van der Waals surface area (Å²) in [5, 5.41) is 4.65. The normalized spacial score (nSPS) is 19.4. The fraction of sp³-hybridized carbons (Fsp3) is 0.148. The first-order chi connectivity index (χ1) is 17.5. The lowest BCUT2D eigenvalue weighted by molar-refractivity contribution is 0.588. The monoisotopic (exact) mass is 498 g/mol. The Balaban J connectivity index is 1.65. The van der Waals surface area contributed by atoms with Crippen LogP contribution in [0.3, 0.4) is 0 Å². The molecular formula is C27H26N6O2S. The highest BCUT2D eigenvalue weighted by Gasteiger charge is 2.34. The number of allylic oxidation sites excluding steroid dienone is 3. The van der Waals surface area contributed by atoms with Crippen LogP contribution in [0.5, 0.6) is 0 Å². The Morgan fingerprint density at radius 3 is 2.50 bits per heavy atom. The number of aromatic nitrogens is 1. The molecule has 2 aliphatic rings. The van der Waals surface area contributed by atoms with Gasteiger partial charge in [0.25, 0.3) is 0 Å². The molecule has 182 valence electrons. The topological polar surface area (TPSA) is 122 Å². The number of sulfonamides is 1. The highest BCUT2D eigenvalue weighted by Crippen LogP contribution is 2.37. The van der Waals surface area contributed by atoms with Gasteiger partial charge in [0, 0.05) is 29.4 Å². The molecule has 0 amide bonds. The Morgan fingerprint density at radius 2 is 1.78 bits per heavy atom. The van der Waals surface area contributed by atoms with Gasteiger partial charge in [0.2, 0.25) is 10.0 Å². The number of benzene rings is 2. The second kappa shape index (κ2) is 9.98. The van der Waals surface area contributed by atoms with Gasteiger partial charge in [-0.2, -0.15) is 5.10 Å². The highest BCUT2D eigenvalue weighted by molar-refractivity contribution is 7.89. The molecule has 0 radical (unpaired) electrons. The summed E-state index contributed by atoms with van der Waals surface area (Å²) in [6.07, 6.45) is 7.25. The average Bonchev–Trinajstić information content (AvgIpc) is 2.94. The van der Waals surface area contributed by atoms with Gasteiger partial charge in [-0.05, 0) is 36.2 Å². The number of aliphatic imine (C=N–C) groups is 1. The molecule has 1 aromatic heterocycles. The van der Waals surface area contributed by atoms with Crippen LogP contribution in [0.15, 0.2) is 112 Å². The zero-order valence-electron chi connectivity index (χ0n) is 19.7. The van der Waals surface area contributed by atoms with E-state index in [1.165, 1.54) is 13.2 Å². The van der Waals surface area contributed by atoms with E-state index in [2.05, 4.69) is 44.5 Å². The SMILES string of the molecule is CNS(=O)(=O)c1cncc(C2=NNC(=N[C@H](N)c3ccccc3)C3=C(c4ccccc4)C=CCC23)c1. The molecule has 4 N–H and O–H groups in total. The summed E-state index contributed by atoms with van der Waals surface area (Å²) in [6.45, 7) is 0. The molecule has 3 aromatic rings. The predicted molar refractivity (Wildman–Crippen MR) is 142 cm³/mol. The zero-order chi connectivity index (χ0) is 25.1. The van der Waals surface area contributed by atoms with Crippen LogP contribution in [-0.2, 0) is 10.0 Å². The Hall–Kier alpha value is -3.92. The molecule has 0 saturated carbocycles. The first kappa shape index (κ1) is 23.8. The zero-order valence-corrected chi connectivity index (χ0v) is 20.5. The predicted octanol–water partition coefficient (Wildman–Crippen LogP) is 3.38. The number of rotatable bonds is 6. The first-order valence-corrected chi connectivity index (χ1v) is 13.0. The molecule has 2 atom stereocenters. The number of hydrazone groups is 1. The molecule has 9 heteroatoms. The minimum Gasteiger partial charge on any atom is -0.306 e. The Bertz CT molecular complexity index is 1500. The lowest BCUT2D eigenvalue weighted by atomic mass is 9.78. The van der Waals surface area contributed by atoms with E-state index in [0.717, 1.165) is 22.3 Å². The number of nitrogens with two attached hydrogens (primary N) is 1.